The fourth-order valence-electron chi connectivity index (χ4n) is 3.07. The molecule has 162 valence electrons. The third kappa shape index (κ3) is 4.40. The van der Waals surface area contributed by atoms with Crippen molar-refractivity contribution in [2.75, 3.05) is 7.11 Å². The van der Waals surface area contributed by atoms with Crippen LogP contribution in [-0.4, -0.2) is 23.0 Å². The Morgan fingerprint density at radius 1 is 1.12 bits per heavy atom. The van der Waals surface area contributed by atoms with Gasteiger partial charge in [0.25, 0.3) is 5.56 Å². The first-order valence-electron chi connectivity index (χ1n) is 9.49. The molecular formula is C23H17ClFN3O4. The molecule has 1 aromatic heterocycles. The molecule has 0 aliphatic rings. The standard InChI is InChI=1S/C23H17ClFN3O4/c1-31-20-11-15(10-18(24)21(20)32-13-14-6-8-16(25)9-7-14)12-26-28-22(29)17-4-2-3-5-19(17)27-23(28)30/h2-12H,13H2,1H3,(H,27,30). The number of para-hydroxylation sites is 1. The van der Waals surface area contributed by atoms with Crippen LogP contribution in [0.1, 0.15) is 11.1 Å². The van der Waals surface area contributed by atoms with Crippen molar-refractivity contribution >= 4 is 28.7 Å². The summed E-state index contributed by atoms with van der Waals surface area (Å²) in [6, 6.07) is 15.7. The molecule has 0 saturated heterocycles. The van der Waals surface area contributed by atoms with Gasteiger partial charge in [0.1, 0.15) is 12.4 Å². The number of nitrogens with zero attached hydrogens (tertiary/aromatic N) is 2. The Hall–Kier alpha value is -3.91. The topological polar surface area (TPSA) is 85.7 Å². The van der Waals surface area contributed by atoms with Gasteiger partial charge in [0.2, 0.25) is 0 Å². The predicted octanol–water partition coefficient (Wildman–Crippen LogP) is 3.95. The second-order valence-corrected chi connectivity index (χ2v) is 7.19. The molecule has 4 aromatic rings. The highest BCUT2D eigenvalue weighted by Gasteiger charge is 2.12. The van der Waals surface area contributed by atoms with Crippen molar-refractivity contribution in [1.82, 2.24) is 9.66 Å². The highest BCUT2D eigenvalue weighted by Crippen LogP contribution is 2.36. The summed E-state index contributed by atoms with van der Waals surface area (Å²) in [5.41, 5.74) is 0.465. The van der Waals surface area contributed by atoms with Crippen LogP contribution < -0.4 is 20.7 Å². The summed E-state index contributed by atoms with van der Waals surface area (Å²) >= 11 is 6.36. The number of fused-ring (bicyclic) bond motifs is 1. The van der Waals surface area contributed by atoms with E-state index >= 15 is 0 Å². The van der Waals surface area contributed by atoms with Gasteiger partial charge in [-0.3, -0.25) is 4.79 Å². The number of hydrogen-bond donors (Lipinski definition) is 1. The summed E-state index contributed by atoms with van der Waals surface area (Å²) in [6.45, 7) is 0.158. The van der Waals surface area contributed by atoms with E-state index in [1.54, 1.807) is 48.5 Å². The molecule has 0 fully saturated rings. The molecule has 3 aromatic carbocycles. The third-order valence-corrected chi connectivity index (χ3v) is 4.94. The van der Waals surface area contributed by atoms with E-state index in [4.69, 9.17) is 21.1 Å². The van der Waals surface area contributed by atoms with Crippen molar-refractivity contribution in [1.29, 1.82) is 0 Å². The second kappa shape index (κ2) is 9.07. The Labute approximate surface area is 186 Å². The number of ether oxygens (including phenoxy) is 2. The summed E-state index contributed by atoms with van der Waals surface area (Å²) in [4.78, 5) is 27.5. The Balaban J connectivity index is 1.62. The number of rotatable bonds is 6. The molecule has 1 heterocycles. The zero-order valence-corrected chi connectivity index (χ0v) is 17.6. The highest BCUT2D eigenvalue weighted by molar-refractivity contribution is 6.32. The first-order valence-corrected chi connectivity index (χ1v) is 9.87. The summed E-state index contributed by atoms with van der Waals surface area (Å²) in [5.74, 6) is 0.301. The first-order chi connectivity index (χ1) is 15.5. The number of methoxy groups -OCH3 is 1. The van der Waals surface area contributed by atoms with Gasteiger partial charge in [-0.1, -0.05) is 35.9 Å². The third-order valence-electron chi connectivity index (χ3n) is 4.65. The molecule has 0 bridgehead atoms. The molecule has 4 rings (SSSR count). The first kappa shape index (κ1) is 21.3. The van der Waals surface area contributed by atoms with Gasteiger partial charge in [-0.15, -0.1) is 4.68 Å². The minimum absolute atomic E-state index is 0.158. The summed E-state index contributed by atoms with van der Waals surface area (Å²) in [5, 5.41) is 4.60. The van der Waals surface area contributed by atoms with Crippen LogP contribution >= 0.6 is 11.6 Å². The molecule has 0 atom stereocenters. The van der Waals surface area contributed by atoms with Crippen LogP contribution in [0, 0.1) is 5.82 Å². The molecule has 0 spiro atoms. The van der Waals surface area contributed by atoms with Gasteiger partial charge in [0.05, 0.1) is 29.2 Å². The van der Waals surface area contributed by atoms with Crippen molar-refractivity contribution < 1.29 is 13.9 Å². The number of halogens is 2. The fraction of sp³-hybridized carbons (Fsp3) is 0.0870. The summed E-state index contributed by atoms with van der Waals surface area (Å²) in [6.07, 6.45) is 1.32. The molecule has 0 saturated carbocycles. The molecular weight excluding hydrogens is 437 g/mol. The van der Waals surface area contributed by atoms with Gasteiger partial charge >= 0.3 is 5.69 Å². The lowest BCUT2D eigenvalue weighted by Crippen LogP contribution is -2.32. The molecule has 1 N–H and O–H groups in total. The normalized spacial score (nSPS) is 11.2. The smallest absolute Gasteiger partial charge is 0.349 e. The van der Waals surface area contributed by atoms with Crippen LogP contribution in [0.2, 0.25) is 5.02 Å². The lowest BCUT2D eigenvalue weighted by atomic mass is 10.2. The highest BCUT2D eigenvalue weighted by atomic mass is 35.5. The zero-order valence-electron chi connectivity index (χ0n) is 16.8. The average Bonchev–Trinajstić information content (AvgIpc) is 2.79. The van der Waals surface area contributed by atoms with Gasteiger partial charge in [-0.25, -0.2) is 9.18 Å². The lowest BCUT2D eigenvalue weighted by molar-refractivity contribution is 0.284. The minimum atomic E-state index is -0.665. The van der Waals surface area contributed by atoms with Crippen LogP contribution in [0.3, 0.4) is 0 Å². The van der Waals surface area contributed by atoms with E-state index < -0.39 is 11.2 Å². The molecule has 0 unspecified atom stereocenters. The molecule has 0 aliphatic heterocycles. The van der Waals surface area contributed by atoms with Gasteiger partial charge in [0.15, 0.2) is 11.5 Å². The van der Waals surface area contributed by atoms with Gasteiger partial charge in [-0.2, -0.15) is 5.10 Å². The number of benzene rings is 3. The average molecular weight is 454 g/mol. The minimum Gasteiger partial charge on any atom is -0.493 e. The lowest BCUT2D eigenvalue weighted by Gasteiger charge is -2.13. The van der Waals surface area contributed by atoms with Crippen molar-refractivity contribution in [3.8, 4) is 11.5 Å². The van der Waals surface area contributed by atoms with E-state index in [0.717, 1.165) is 10.2 Å². The van der Waals surface area contributed by atoms with Crippen molar-refractivity contribution in [2.45, 2.75) is 6.61 Å². The van der Waals surface area contributed by atoms with Crippen molar-refractivity contribution in [2.24, 2.45) is 5.10 Å². The Morgan fingerprint density at radius 3 is 2.62 bits per heavy atom. The number of aromatic amines is 1. The summed E-state index contributed by atoms with van der Waals surface area (Å²) in [7, 11) is 1.45. The molecule has 0 radical (unpaired) electrons. The number of nitrogens with one attached hydrogen (secondary N) is 1. The number of H-pyrrole nitrogens is 1. The van der Waals surface area contributed by atoms with Crippen LogP contribution in [0.5, 0.6) is 11.5 Å². The van der Waals surface area contributed by atoms with Crippen LogP contribution in [-0.2, 0) is 6.61 Å². The van der Waals surface area contributed by atoms with E-state index in [0.29, 0.717) is 28.0 Å². The molecule has 0 amide bonds. The monoisotopic (exact) mass is 453 g/mol. The maximum Gasteiger partial charge on any atom is 0.349 e. The predicted molar refractivity (Wildman–Crippen MR) is 121 cm³/mol. The number of aromatic nitrogens is 2. The Kier molecular flexibility index (Phi) is 6.04. The second-order valence-electron chi connectivity index (χ2n) is 6.79. The maximum atomic E-state index is 13.1. The summed E-state index contributed by atoms with van der Waals surface area (Å²) < 4.78 is 24.9. The van der Waals surface area contributed by atoms with Gasteiger partial charge in [0, 0.05) is 0 Å². The Bertz CT molecular complexity index is 1430. The van der Waals surface area contributed by atoms with Crippen molar-refractivity contribution in [3.05, 3.63) is 103 Å². The quantitative estimate of drug-likeness (QED) is 0.448. The van der Waals surface area contributed by atoms with E-state index in [1.165, 1.54) is 25.5 Å². The van der Waals surface area contributed by atoms with Crippen LogP contribution in [0.4, 0.5) is 4.39 Å². The van der Waals surface area contributed by atoms with E-state index in [-0.39, 0.29) is 17.4 Å². The van der Waals surface area contributed by atoms with Crippen LogP contribution in [0.25, 0.3) is 10.9 Å². The van der Waals surface area contributed by atoms with Gasteiger partial charge in [-0.05, 0) is 47.5 Å². The Morgan fingerprint density at radius 2 is 1.88 bits per heavy atom. The molecule has 7 nitrogen and oxygen atoms in total. The molecule has 32 heavy (non-hydrogen) atoms. The largest absolute Gasteiger partial charge is 0.493 e. The SMILES string of the molecule is COc1cc(C=Nn2c(=O)[nH]c3ccccc3c2=O)cc(Cl)c1OCc1ccc(F)cc1. The van der Waals surface area contributed by atoms with Gasteiger partial charge < -0.3 is 14.5 Å². The fourth-order valence-corrected chi connectivity index (χ4v) is 3.35. The number of hydrogen-bond acceptors (Lipinski definition) is 5. The van der Waals surface area contributed by atoms with E-state index in [9.17, 15) is 14.0 Å². The molecule has 9 heteroatoms. The van der Waals surface area contributed by atoms with E-state index in [1.807, 2.05) is 0 Å². The maximum absolute atomic E-state index is 13.1. The zero-order chi connectivity index (χ0) is 22.7. The van der Waals surface area contributed by atoms with Crippen molar-refractivity contribution in [3.63, 3.8) is 0 Å². The molecule has 0 aliphatic carbocycles. The van der Waals surface area contributed by atoms with Crippen LogP contribution in [0.15, 0.2) is 75.4 Å². The van der Waals surface area contributed by atoms with E-state index in [2.05, 4.69) is 10.1 Å².